The minimum Gasteiger partial charge on any atom is -0.345 e. The molecular formula is C5H10NOP. The van der Waals surface area contributed by atoms with Crippen molar-refractivity contribution in [2.45, 2.75) is 18.9 Å². The van der Waals surface area contributed by atoms with Gasteiger partial charge in [0.2, 0.25) is 0 Å². The predicted molar refractivity (Wildman–Crippen MR) is 34.0 cm³/mol. The summed E-state index contributed by atoms with van der Waals surface area (Å²) in [5.41, 5.74) is 0. The van der Waals surface area contributed by atoms with Gasteiger partial charge in [-0.05, 0) is 12.8 Å². The minimum atomic E-state index is 0.676. The van der Waals surface area contributed by atoms with Crippen molar-refractivity contribution in [3.05, 3.63) is 0 Å². The highest BCUT2D eigenvalue weighted by atomic mass is 31.1. The van der Waals surface area contributed by atoms with Crippen LogP contribution < -0.4 is 0 Å². The smallest absolute Gasteiger partial charge is 0.0893 e. The van der Waals surface area contributed by atoms with Crippen LogP contribution in [0.4, 0.5) is 0 Å². The monoisotopic (exact) mass is 131 g/mol. The molecule has 2 rings (SSSR count). The fourth-order valence-electron chi connectivity index (χ4n) is 1.35. The molecule has 0 N–H and O–H groups in total. The number of hydrogen-bond donors (Lipinski definition) is 0. The molecule has 2 heterocycles. The molecule has 3 heteroatoms. The lowest BCUT2D eigenvalue weighted by molar-refractivity contribution is 0.343. The summed E-state index contributed by atoms with van der Waals surface area (Å²) >= 11 is 0. The lowest BCUT2D eigenvalue weighted by Gasteiger charge is -2.07. The van der Waals surface area contributed by atoms with Gasteiger partial charge in [-0.1, -0.05) is 0 Å². The number of rotatable bonds is 0. The molecule has 8 heavy (non-hydrogen) atoms. The number of fused-ring (bicyclic) bond motifs is 1. The van der Waals surface area contributed by atoms with Crippen LogP contribution in [0.2, 0.25) is 0 Å². The molecule has 0 radical (unpaired) electrons. The van der Waals surface area contributed by atoms with Crippen molar-refractivity contribution in [3.8, 4) is 0 Å². The fraction of sp³-hybridized carbons (Fsp3) is 1.00. The molecule has 2 nitrogen and oxygen atoms in total. The van der Waals surface area contributed by atoms with E-state index in [4.69, 9.17) is 4.52 Å². The highest BCUT2D eigenvalue weighted by Crippen LogP contribution is 2.36. The fourth-order valence-corrected chi connectivity index (χ4v) is 2.38. The SMILES string of the molecule is C1C[C@@H]2COPN2C1. The van der Waals surface area contributed by atoms with Crippen LogP contribution in [0.15, 0.2) is 0 Å². The molecule has 2 aliphatic heterocycles. The number of hydrogen-bond acceptors (Lipinski definition) is 2. The zero-order chi connectivity index (χ0) is 5.40. The van der Waals surface area contributed by atoms with Crippen LogP contribution in [-0.4, -0.2) is 23.9 Å². The van der Waals surface area contributed by atoms with Gasteiger partial charge in [0, 0.05) is 12.6 Å². The first-order valence-electron chi connectivity index (χ1n) is 3.11. The van der Waals surface area contributed by atoms with Crippen LogP contribution in [0.1, 0.15) is 12.8 Å². The van der Waals surface area contributed by atoms with E-state index in [9.17, 15) is 0 Å². The molecule has 0 amide bonds. The molecule has 0 aromatic heterocycles. The van der Waals surface area contributed by atoms with Crippen molar-refractivity contribution in [2.75, 3.05) is 13.2 Å². The van der Waals surface area contributed by atoms with Gasteiger partial charge in [-0.15, -0.1) is 0 Å². The maximum atomic E-state index is 5.27. The van der Waals surface area contributed by atoms with Gasteiger partial charge in [0.1, 0.15) is 0 Å². The molecule has 2 atom stereocenters. The second-order valence-corrected chi connectivity index (χ2v) is 3.44. The molecule has 1 unspecified atom stereocenters. The van der Waals surface area contributed by atoms with Gasteiger partial charge in [0.25, 0.3) is 0 Å². The lowest BCUT2D eigenvalue weighted by Crippen LogP contribution is -2.17. The van der Waals surface area contributed by atoms with E-state index < -0.39 is 0 Å². The summed E-state index contributed by atoms with van der Waals surface area (Å²) in [6.07, 6.45) is 2.76. The van der Waals surface area contributed by atoms with Crippen molar-refractivity contribution in [1.29, 1.82) is 0 Å². The van der Waals surface area contributed by atoms with Gasteiger partial charge in [-0.25, -0.2) is 0 Å². The molecule has 0 aliphatic carbocycles. The molecule has 0 saturated carbocycles. The minimum absolute atomic E-state index is 0.676. The normalized spacial score (nSPS) is 41.2. The van der Waals surface area contributed by atoms with Gasteiger partial charge in [-0.2, -0.15) is 0 Å². The van der Waals surface area contributed by atoms with Crippen LogP contribution in [0.3, 0.4) is 0 Å². The van der Waals surface area contributed by atoms with Gasteiger partial charge >= 0.3 is 0 Å². The summed E-state index contributed by atoms with van der Waals surface area (Å²) in [5, 5.41) is 0. The van der Waals surface area contributed by atoms with Crippen LogP contribution in [0, 0.1) is 0 Å². The van der Waals surface area contributed by atoms with Crippen LogP contribution in [0.25, 0.3) is 0 Å². The van der Waals surface area contributed by atoms with E-state index in [-0.39, 0.29) is 0 Å². The Labute approximate surface area is 51.1 Å². The average Bonchev–Trinajstić information content (AvgIpc) is 2.15. The van der Waals surface area contributed by atoms with Crippen molar-refractivity contribution < 1.29 is 4.52 Å². The van der Waals surface area contributed by atoms with Gasteiger partial charge in [0.05, 0.1) is 15.6 Å². The summed E-state index contributed by atoms with van der Waals surface area (Å²) in [6, 6.07) is 0.799. The van der Waals surface area contributed by atoms with E-state index in [0.717, 1.165) is 12.6 Å². The Morgan fingerprint density at radius 3 is 3.50 bits per heavy atom. The standard InChI is InChI=1S/C5H10NOP/c1-2-5-4-7-8-6(5)3-1/h5,8H,1-4H2/t5-/m1/s1. The molecule has 0 aromatic rings. The van der Waals surface area contributed by atoms with Gasteiger partial charge < -0.3 is 4.52 Å². The maximum Gasteiger partial charge on any atom is 0.0893 e. The Morgan fingerprint density at radius 1 is 1.62 bits per heavy atom. The molecule has 2 saturated heterocycles. The highest BCUT2D eigenvalue weighted by molar-refractivity contribution is 7.29. The zero-order valence-electron chi connectivity index (χ0n) is 4.76. The first-order valence-corrected chi connectivity index (χ1v) is 3.96. The van der Waals surface area contributed by atoms with Crippen molar-refractivity contribution in [2.24, 2.45) is 0 Å². The zero-order valence-corrected chi connectivity index (χ0v) is 5.76. The summed E-state index contributed by atoms with van der Waals surface area (Å²) in [6.45, 7) is 2.28. The quantitative estimate of drug-likeness (QED) is 0.454. The average molecular weight is 131 g/mol. The van der Waals surface area contributed by atoms with Crippen molar-refractivity contribution in [3.63, 3.8) is 0 Å². The highest BCUT2D eigenvalue weighted by Gasteiger charge is 2.29. The largest absolute Gasteiger partial charge is 0.345 e. The molecule has 0 aromatic carbocycles. The summed E-state index contributed by atoms with van der Waals surface area (Å²) in [4.78, 5) is 0. The molecule has 2 fully saturated rings. The molecule has 0 bridgehead atoms. The Balaban J connectivity index is 2.04. The molecule has 0 spiro atoms. The molecule has 46 valence electrons. The van der Waals surface area contributed by atoms with Crippen LogP contribution >= 0.6 is 8.96 Å². The van der Waals surface area contributed by atoms with Crippen molar-refractivity contribution in [1.82, 2.24) is 4.67 Å². The Hall–Kier alpha value is 0.350. The first kappa shape index (κ1) is 5.16. The Bertz CT molecular complexity index is 78.4. The second kappa shape index (κ2) is 1.94. The van der Waals surface area contributed by atoms with Gasteiger partial charge in [-0.3, -0.25) is 4.67 Å². The van der Waals surface area contributed by atoms with E-state index in [1.165, 1.54) is 19.4 Å². The summed E-state index contributed by atoms with van der Waals surface area (Å²) in [7, 11) is 0.676. The Kier molecular flexibility index (Phi) is 1.25. The third-order valence-corrected chi connectivity index (χ3v) is 2.95. The summed E-state index contributed by atoms with van der Waals surface area (Å²) in [5.74, 6) is 0. The van der Waals surface area contributed by atoms with E-state index in [1.54, 1.807) is 0 Å². The second-order valence-electron chi connectivity index (χ2n) is 2.39. The third kappa shape index (κ3) is 0.680. The number of nitrogens with zero attached hydrogens (tertiary/aromatic N) is 1. The van der Waals surface area contributed by atoms with E-state index in [1.807, 2.05) is 0 Å². The predicted octanol–water partition coefficient (Wildman–Crippen LogP) is 0.990. The van der Waals surface area contributed by atoms with E-state index >= 15 is 0 Å². The van der Waals surface area contributed by atoms with Gasteiger partial charge in [0.15, 0.2) is 0 Å². The maximum absolute atomic E-state index is 5.27. The Morgan fingerprint density at radius 2 is 2.62 bits per heavy atom. The van der Waals surface area contributed by atoms with Crippen LogP contribution in [0.5, 0.6) is 0 Å². The van der Waals surface area contributed by atoms with E-state index in [2.05, 4.69) is 4.67 Å². The van der Waals surface area contributed by atoms with E-state index in [0.29, 0.717) is 8.96 Å². The topological polar surface area (TPSA) is 12.5 Å². The van der Waals surface area contributed by atoms with Crippen molar-refractivity contribution >= 4 is 8.96 Å². The molecule has 2 aliphatic rings. The van der Waals surface area contributed by atoms with Crippen LogP contribution in [-0.2, 0) is 4.52 Å². The summed E-state index contributed by atoms with van der Waals surface area (Å²) < 4.78 is 7.71. The lowest BCUT2D eigenvalue weighted by atomic mass is 10.2. The molecular weight excluding hydrogens is 121 g/mol. The first-order chi connectivity index (χ1) is 3.97. The third-order valence-electron chi connectivity index (χ3n) is 1.83.